The van der Waals surface area contributed by atoms with Gasteiger partial charge in [-0.2, -0.15) is 0 Å². The van der Waals surface area contributed by atoms with Gasteiger partial charge in [-0.1, -0.05) is 28.1 Å². The van der Waals surface area contributed by atoms with E-state index in [-0.39, 0.29) is 6.10 Å². The maximum absolute atomic E-state index is 10.4. The number of nitrogens with zero attached hydrogens (tertiary/aromatic N) is 1. The molecule has 3 unspecified atom stereocenters. The van der Waals surface area contributed by atoms with Crippen molar-refractivity contribution in [2.45, 2.75) is 37.5 Å². The molecule has 0 aromatic heterocycles. The molecule has 1 aromatic carbocycles. The second kappa shape index (κ2) is 5.92. The number of rotatable bonds is 3. The van der Waals surface area contributed by atoms with Crippen LogP contribution in [0.2, 0.25) is 0 Å². The zero-order valence-electron chi connectivity index (χ0n) is 11.0. The van der Waals surface area contributed by atoms with E-state index in [1.165, 1.54) is 12.8 Å². The lowest BCUT2D eigenvalue weighted by Gasteiger charge is -2.37. The van der Waals surface area contributed by atoms with Crippen molar-refractivity contribution in [3.63, 3.8) is 0 Å². The summed E-state index contributed by atoms with van der Waals surface area (Å²) in [7, 11) is 0. The summed E-state index contributed by atoms with van der Waals surface area (Å²) in [5.74, 6) is 0. The number of benzene rings is 1. The van der Waals surface area contributed by atoms with Crippen molar-refractivity contribution in [2.75, 3.05) is 19.7 Å². The highest BCUT2D eigenvalue weighted by molar-refractivity contribution is 9.10. The lowest BCUT2D eigenvalue weighted by molar-refractivity contribution is -0.101. The van der Waals surface area contributed by atoms with E-state index in [4.69, 9.17) is 4.74 Å². The zero-order chi connectivity index (χ0) is 13.2. The average molecular weight is 326 g/mol. The van der Waals surface area contributed by atoms with Crippen LogP contribution in [0, 0.1) is 0 Å². The minimum Gasteiger partial charge on any atom is -0.390 e. The number of fused-ring (bicyclic) bond motifs is 1. The summed E-state index contributed by atoms with van der Waals surface area (Å²) in [5.41, 5.74) is 1.16. The summed E-state index contributed by atoms with van der Waals surface area (Å²) in [6.45, 7) is 2.82. The van der Waals surface area contributed by atoms with E-state index in [1.807, 2.05) is 12.1 Å². The standard InChI is InChI=1S/C15H20BrNO2/c16-12-5-3-11(4-6-12)8-14(18)15-9-17-7-1-2-13(17)10-19-15/h3-6,13-15,18H,1-2,7-10H2. The molecule has 3 rings (SSSR count). The molecule has 0 bridgehead atoms. The molecule has 19 heavy (non-hydrogen) atoms. The van der Waals surface area contributed by atoms with E-state index in [9.17, 15) is 5.11 Å². The highest BCUT2D eigenvalue weighted by Gasteiger charge is 2.35. The predicted octanol–water partition coefficient (Wildman–Crippen LogP) is 2.22. The molecule has 4 heteroatoms. The minimum absolute atomic E-state index is 0.0435. The third-order valence-electron chi connectivity index (χ3n) is 4.20. The molecule has 1 aromatic rings. The lowest BCUT2D eigenvalue weighted by Crippen LogP contribution is -2.50. The summed E-state index contributed by atoms with van der Waals surface area (Å²) in [4.78, 5) is 2.47. The molecule has 0 amide bonds. The molecule has 2 aliphatic heterocycles. The van der Waals surface area contributed by atoms with Gasteiger partial charge in [-0.3, -0.25) is 4.90 Å². The van der Waals surface area contributed by atoms with Crippen LogP contribution < -0.4 is 0 Å². The fourth-order valence-corrected chi connectivity index (χ4v) is 3.33. The molecule has 2 aliphatic rings. The number of hydrogen-bond acceptors (Lipinski definition) is 3. The van der Waals surface area contributed by atoms with E-state index in [0.29, 0.717) is 12.5 Å². The van der Waals surface area contributed by atoms with Crippen molar-refractivity contribution in [1.82, 2.24) is 4.90 Å². The second-order valence-corrected chi connectivity index (χ2v) is 6.48. The first kappa shape index (κ1) is 13.6. The molecule has 104 valence electrons. The van der Waals surface area contributed by atoms with Crippen molar-refractivity contribution in [3.05, 3.63) is 34.3 Å². The average Bonchev–Trinajstić information content (AvgIpc) is 2.88. The Kier molecular flexibility index (Phi) is 4.22. The number of morpholine rings is 1. The van der Waals surface area contributed by atoms with Crippen LogP contribution >= 0.6 is 15.9 Å². The molecule has 0 aliphatic carbocycles. The number of ether oxygens (including phenoxy) is 1. The topological polar surface area (TPSA) is 32.7 Å². The summed E-state index contributed by atoms with van der Waals surface area (Å²) < 4.78 is 6.92. The molecule has 2 fully saturated rings. The van der Waals surface area contributed by atoms with Crippen LogP contribution in [-0.4, -0.2) is 48.0 Å². The van der Waals surface area contributed by atoms with Gasteiger partial charge in [-0.25, -0.2) is 0 Å². The van der Waals surface area contributed by atoms with Crippen LogP contribution in [0.25, 0.3) is 0 Å². The van der Waals surface area contributed by atoms with Crippen molar-refractivity contribution in [3.8, 4) is 0 Å². The smallest absolute Gasteiger partial charge is 0.0964 e. The summed E-state index contributed by atoms with van der Waals surface area (Å²) in [6, 6.07) is 8.72. The minimum atomic E-state index is -0.414. The van der Waals surface area contributed by atoms with Crippen LogP contribution in [0.15, 0.2) is 28.7 Å². The van der Waals surface area contributed by atoms with Gasteiger partial charge in [0.2, 0.25) is 0 Å². The van der Waals surface area contributed by atoms with Crippen molar-refractivity contribution in [2.24, 2.45) is 0 Å². The quantitative estimate of drug-likeness (QED) is 0.924. The third kappa shape index (κ3) is 3.19. The molecule has 0 spiro atoms. The SMILES string of the molecule is OC(Cc1ccc(Br)cc1)C1CN2CCCC2CO1. The molecule has 2 heterocycles. The van der Waals surface area contributed by atoms with Crippen molar-refractivity contribution in [1.29, 1.82) is 0 Å². The van der Waals surface area contributed by atoms with E-state index < -0.39 is 6.10 Å². The zero-order valence-corrected chi connectivity index (χ0v) is 12.6. The fraction of sp³-hybridized carbons (Fsp3) is 0.600. The van der Waals surface area contributed by atoms with Crippen LogP contribution in [-0.2, 0) is 11.2 Å². The van der Waals surface area contributed by atoms with Gasteiger partial charge in [0.1, 0.15) is 0 Å². The van der Waals surface area contributed by atoms with Gasteiger partial charge < -0.3 is 9.84 Å². The van der Waals surface area contributed by atoms with Crippen molar-refractivity contribution < 1.29 is 9.84 Å². The Hall–Kier alpha value is -0.420. The van der Waals surface area contributed by atoms with E-state index in [0.717, 1.165) is 29.7 Å². The van der Waals surface area contributed by atoms with Gasteiger partial charge in [0, 0.05) is 23.5 Å². The molecule has 1 N–H and O–H groups in total. The van der Waals surface area contributed by atoms with Gasteiger partial charge >= 0.3 is 0 Å². The molecule has 3 nitrogen and oxygen atoms in total. The molecule has 3 atom stereocenters. The number of aliphatic hydroxyl groups is 1. The molecule has 0 saturated carbocycles. The summed E-state index contributed by atoms with van der Waals surface area (Å²) in [5, 5.41) is 10.4. The van der Waals surface area contributed by atoms with Gasteiger partial charge in [0.05, 0.1) is 18.8 Å². The first-order valence-corrected chi connectivity index (χ1v) is 7.80. The van der Waals surface area contributed by atoms with E-state index in [1.54, 1.807) is 0 Å². The Morgan fingerprint density at radius 3 is 2.95 bits per heavy atom. The first-order chi connectivity index (χ1) is 9.22. The summed E-state index contributed by atoms with van der Waals surface area (Å²) in [6.07, 6.45) is 2.72. The molecule has 2 saturated heterocycles. The lowest BCUT2D eigenvalue weighted by atomic mass is 10.0. The van der Waals surface area contributed by atoms with Gasteiger partial charge in [0.25, 0.3) is 0 Å². The largest absolute Gasteiger partial charge is 0.390 e. The van der Waals surface area contributed by atoms with E-state index >= 15 is 0 Å². The van der Waals surface area contributed by atoms with Crippen LogP contribution in [0.5, 0.6) is 0 Å². The Morgan fingerprint density at radius 2 is 2.16 bits per heavy atom. The van der Waals surface area contributed by atoms with Crippen LogP contribution in [0.1, 0.15) is 18.4 Å². The number of hydrogen-bond donors (Lipinski definition) is 1. The van der Waals surface area contributed by atoms with Crippen LogP contribution in [0.3, 0.4) is 0 Å². The maximum Gasteiger partial charge on any atom is 0.0964 e. The van der Waals surface area contributed by atoms with Crippen molar-refractivity contribution >= 4 is 15.9 Å². The van der Waals surface area contributed by atoms with Crippen LogP contribution in [0.4, 0.5) is 0 Å². The molecule has 0 radical (unpaired) electrons. The first-order valence-electron chi connectivity index (χ1n) is 7.00. The Bertz CT molecular complexity index is 423. The highest BCUT2D eigenvalue weighted by Crippen LogP contribution is 2.24. The normalized spacial score (nSPS) is 29.2. The highest BCUT2D eigenvalue weighted by atomic mass is 79.9. The third-order valence-corrected chi connectivity index (χ3v) is 4.73. The Morgan fingerprint density at radius 1 is 1.37 bits per heavy atom. The Balaban J connectivity index is 1.58. The monoisotopic (exact) mass is 325 g/mol. The summed E-state index contributed by atoms with van der Waals surface area (Å²) >= 11 is 3.43. The molecular formula is C15H20BrNO2. The predicted molar refractivity (Wildman–Crippen MR) is 78.2 cm³/mol. The fourth-order valence-electron chi connectivity index (χ4n) is 3.07. The number of aliphatic hydroxyl groups excluding tert-OH is 1. The Labute approximate surface area is 122 Å². The van der Waals surface area contributed by atoms with Gasteiger partial charge in [0.15, 0.2) is 0 Å². The molecular weight excluding hydrogens is 306 g/mol. The van der Waals surface area contributed by atoms with Gasteiger partial charge in [-0.05, 0) is 37.1 Å². The second-order valence-electron chi connectivity index (χ2n) is 5.56. The van der Waals surface area contributed by atoms with Gasteiger partial charge in [-0.15, -0.1) is 0 Å². The number of halogens is 1. The maximum atomic E-state index is 10.4. The van der Waals surface area contributed by atoms with E-state index in [2.05, 4.69) is 33.0 Å².